The number of carbonyl (C=O) groups excluding carboxylic acids is 1. The number of nitrogens with one attached hydrogen (secondary N) is 1. The summed E-state index contributed by atoms with van der Waals surface area (Å²) in [4.78, 5) is 32.9. The zero-order valence-electron chi connectivity index (χ0n) is 27.3. The normalized spacial score (nSPS) is 25.3. The third-order valence-corrected chi connectivity index (χ3v) is 10.9. The first-order valence-electron chi connectivity index (χ1n) is 16.4. The molecule has 2 aromatic heterocycles. The van der Waals surface area contributed by atoms with Gasteiger partial charge in [0.05, 0.1) is 24.4 Å². The maximum atomic E-state index is 14.6. The van der Waals surface area contributed by atoms with E-state index in [4.69, 9.17) is 9.72 Å². The predicted molar refractivity (Wildman–Crippen MR) is 183 cm³/mol. The number of ether oxygens (including phenoxy) is 1. The van der Waals surface area contributed by atoms with Gasteiger partial charge in [0, 0.05) is 68.4 Å². The van der Waals surface area contributed by atoms with Crippen molar-refractivity contribution in [3.05, 3.63) is 54.9 Å². The Bertz CT molecular complexity index is 1740. The van der Waals surface area contributed by atoms with Crippen molar-refractivity contribution in [3.63, 3.8) is 0 Å². The van der Waals surface area contributed by atoms with E-state index in [1.807, 2.05) is 22.1 Å². The number of benzene rings is 1. The number of sulfone groups is 1. The van der Waals surface area contributed by atoms with Crippen LogP contribution in [0.25, 0.3) is 10.8 Å². The number of fused-ring (bicyclic) bond motifs is 1. The lowest BCUT2D eigenvalue weighted by molar-refractivity contribution is -0.128. The number of carbonyl (C=O) groups is 1. The topological polar surface area (TPSA) is 121 Å². The van der Waals surface area contributed by atoms with Crippen LogP contribution < -0.4 is 15.1 Å². The van der Waals surface area contributed by atoms with Crippen molar-refractivity contribution in [2.75, 3.05) is 60.4 Å². The molecule has 3 aliphatic rings. The van der Waals surface area contributed by atoms with Gasteiger partial charge < -0.3 is 24.8 Å². The Kier molecular flexibility index (Phi) is 9.65. The maximum Gasteiger partial charge on any atom is 0.246 e. The minimum Gasteiger partial charge on any atom is -0.378 e. The van der Waals surface area contributed by atoms with Crippen molar-refractivity contribution in [1.82, 2.24) is 19.9 Å². The van der Waals surface area contributed by atoms with Crippen molar-refractivity contribution in [2.45, 2.75) is 63.4 Å². The highest BCUT2D eigenvalue weighted by atomic mass is 32.2. The summed E-state index contributed by atoms with van der Waals surface area (Å²) < 4.78 is 43.9. The van der Waals surface area contributed by atoms with Crippen LogP contribution in [-0.4, -0.2) is 97.8 Å². The molecule has 47 heavy (non-hydrogen) atoms. The molecule has 0 spiro atoms. The first kappa shape index (κ1) is 33.1. The van der Waals surface area contributed by atoms with Crippen LogP contribution >= 0.6 is 0 Å². The molecule has 0 unspecified atom stereocenters. The van der Waals surface area contributed by atoms with Gasteiger partial charge in [-0.1, -0.05) is 25.5 Å². The monoisotopic (exact) mass is 665 g/mol. The fourth-order valence-electron chi connectivity index (χ4n) is 7.29. The van der Waals surface area contributed by atoms with E-state index in [2.05, 4.69) is 45.8 Å². The lowest BCUT2D eigenvalue weighted by Gasteiger charge is -2.48. The number of hydrogen-bond donors (Lipinski definition) is 1. The summed E-state index contributed by atoms with van der Waals surface area (Å²) in [6, 6.07) is 7.86. The van der Waals surface area contributed by atoms with Crippen LogP contribution in [0, 0.1) is 5.92 Å². The van der Waals surface area contributed by atoms with Crippen LogP contribution in [0.15, 0.2) is 49.3 Å². The van der Waals surface area contributed by atoms with E-state index >= 15 is 0 Å². The largest absolute Gasteiger partial charge is 0.378 e. The SMILES string of the molecule is C=CC(=O)N1CCCCC[C@H]1c1ccc(N2C[C@H](CS(C)(=O)=O)[C@H]2C)c2cnc(Nc3ccnc(N4CC[C@H](OC)[C@H](F)C4)n3)cc12. The number of piperidine rings is 1. The number of rotatable bonds is 9. The highest BCUT2D eigenvalue weighted by Gasteiger charge is 2.39. The Morgan fingerprint density at radius 2 is 1.94 bits per heavy atom. The van der Waals surface area contributed by atoms with Crippen LogP contribution in [-0.2, 0) is 19.4 Å². The van der Waals surface area contributed by atoms with Gasteiger partial charge in [0.25, 0.3) is 0 Å². The molecule has 3 aromatic rings. The lowest BCUT2D eigenvalue weighted by Crippen LogP contribution is -2.57. The number of halogens is 1. The second-order valence-corrected chi connectivity index (χ2v) is 15.2. The first-order valence-corrected chi connectivity index (χ1v) is 18.4. The van der Waals surface area contributed by atoms with Gasteiger partial charge in [-0.3, -0.25) is 4.79 Å². The number of alkyl halides is 1. The molecular weight excluding hydrogens is 621 g/mol. The smallest absolute Gasteiger partial charge is 0.246 e. The van der Waals surface area contributed by atoms with Crippen LogP contribution in [0.1, 0.15) is 50.6 Å². The van der Waals surface area contributed by atoms with Gasteiger partial charge >= 0.3 is 0 Å². The minimum absolute atomic E-state index is 0.0469. The standard InChI is InChI=1S/C34H44FN7O4S/c1-5-33(43)41-15-8-6-7-9-28(41)24-10-11-29(42-19-23(22(42)2)21-47(4,44)45)26-18-37-32(17-25(24)26)38-31-12-14-36-34(39-31)40-16-13-30(46-3)27(35)20-40/h5,10-12,14,17-18,22-23,27-28,30H,1,6-9,13,15-16,19-21H2,2-4H3,(H,36,37,38,39)/t22-,23-,27-,28+,30+/m1/s1. The molecule has 3 saturated heterocycles. The van der Waals surface area contributed by atoms with E-state index in [0.717, 1.165) is 47.7 Å². The number of methoxy groups -OCH3 is 1. The molecule has 1 amide bonds. The van der Waals surface area contributed by atoms with E-state index in [-0.39, 0.29) is 36.2 Å². The Labute approximate surface area is 276 Å². The Morgan fingerprint density at radius 1 is 1.11 bits per heavy atom. The predicted octanol–water partition coefficient (Wildman–Crippen LogP) is 4.83. The van der Waals surface area contributed by atoms with E-state index in [0.29, 0.717) is 43.6 Å². The molecule has 6 rings (SSSR count). The maximum absolute atomic E-state index is 14.6. The summed E-state index contributed by atoms with van der Waals surface area (Å²) in [5, 5.41) is 5.23. The number of aromatic nitrogens is 3. The van der Waals surface area contributed by atoms with E-state index in [1.54, 1.807) is 12.3 Å². The van der Waals surface area contributed by atoms with E-state index < -0.39 is 22.1 Å². The molecule has 1 aromatic carbocycles. The third-order valence-electron chi connectivity index (χ3n) is 9.88. The van der Waals surface area contributed by atoms with Crippen molar-refractivity contribution < 1.29 is 22.3 Å². The molecule has 0 bridgehead atoms. The molecular formula is C34H44FN7O4S. The summed E-state index contributed by atoms with van der Waals surface area (Å²) >= 11 is 0. The van der Waals surface area contributed by atoms with Gasteiger partial charge in [0.1, 0.15) is 27.6 Å². The summed E-state index contributed by atoms with van der Waals surface area (Å²) in [5.74, 6) is 1.66. The van der Waals surface area contributed by atoms with Gasteiger partial charge in [-0.2, -0.15) is 4.98 Å². The molecule has 11 nitrogen and oxygen atoms in total. The number of anilines is 4. The van der Waals surface area contributed by atoms with Gasteiger partial charge in [-0.05, 0) is 61.4 Å². The Hall–Kier alpha value is -3.84. The average molecular weight is 666 g/mol. The molecule has 0 aliphatic carbocycles. The van der Waals surface area contributed by atoms with E-state index in [1.165, 1.54) is 19.4 Å². The summed E-state index contributed by atoms with van der Waals surface area (Å²) in [7, 11) is -1.56. The van der Waals surface area contributed by atoms with Gasteiger partial charge in [-0.25, -0.2) is 22.8 Å². The molecule has 252 valence electrons. The summed E-state index contributed by atoms with van der Waals surface area (Å²) in [6.45, 7) is 7.87. The Morgan fingerprint density at radius 3 is 2.66 bits per heavy atom. The first-order chi connectivity index (χ1) is 22.6. The molecule has 3 aliphatic heterocycles. The van der Waals surface area contributed by atoms with Gasteiger partial charge in [0.2, 0.25) is 11.9 Å². The summed E-state index contributed by atoms with van der Waals surface area (Å²) in [6.07, 6.45) is 8.99. The fourth-order valence-corrected chi connectivity index (χ4v) is 8.45. The highest BCUT2D eigenvalue weighted by Crippen LogP contribution is 2.42. The number of likely N-dealkylation sites (tertiary alicyclic amines) is 1. The minimum atomic E-state index is -3.09. The van der Waals surface area contributed by atoms with Crippen LogP contribution in [0.4, 0.5) is 27.7 Å². The van der Waals surface area contributed by atoms with Crippen LogP contribution in [0.2, 0.25) is 0 Å². The molecule has 3 fully saturated rings. The number of amides is 1. The molecule has 1 N–H and O–H groups in total. The van der Waals surface area contributed by atoms with Crippen molar-refractivity contribution in [1.29, 1.82) is 0 Å². The summed E-state index contributed by atoms with van der Waals surface area (Å²) in [5.41, 5.74) is 2.02. The number of pyridine rings is 1. The molecule has 0 radical (unpaired) electrons. The van der Waals surface area contributed by atoms with Gasteiger partial charge in [-0.15, -0.1) is 0 Å². The molecule has 13 heteroatoms. The molecule has 5 atom stereocenters. The fraction of sp³-hybridized carbons (Fsp3) is 0.529. The Balaban J connectivity index is 1.35. The zero-order valence-corrected chi connectivity index (χ0v) is 28.1. The van der Waals surface area contributed by atoms with Gasteiger partial charge in [0.15, 0.2) is 0 Å². The van der Waals surface area contributed by atoms with E-state index in [9.17, 15) is 17.6 Å². The van der Waals surface area contributed by atoms with Crippen LogP contribution in [0.3, 0.4) is 0 Å². The lowest BCUT2D eigenvalue weighted by atomic mass is 9.88. The second-order valence-electron chi connectivity index (χ2n) is 13.0. The average Bonchev–Trinajstić information content (AvgIpc) is 3.31. The second kappa shape index (κ2) is 13.7. The zero-order chi connectivity index (χ0) is 33.3. The quantitative estimate of drug-likeness (QED) is 0.318. The molecule has 0 saturated carbocycles. The van der Waals surface area contributed by atoms with Crippen molar-refractivity contribution in [3.8, 4) is 0 Å². The highest BCUT2D eigenvalue weighted by molar-refractivity contribution is 7.90. The third kappa shape index (κ3) is 7.06. The van der Waals surface area contributed by atoms with Crippen LogP contribution in [0.5, 0.6) is 0 Å². The number of hydrogen-bond acceptors (Lipinski definition) is 10. The van der Waals surface area contributed by atoms with Crippen molar-refractivity contribution in [2.24, 2.45) is 5.92 Å². The molecule has 5 heterocycles. The van der Waals surface area contributed by atoms with Crippen molar-refractivity contribution >= 4 is 49.8 Å². The number of nitrogens with zero attached hydrogens (tertiary/aromatic N) is 6.